The maximum Gasteiger partial charge on any atom is 0.382 e. The summed E-state index contributed by atoms with van der Waals surface area (Å²) in [4.78, 5) is 12.0. The number of allylic oxidation sites excluding steroid dienone is 4. The van der Waals surface area contributed by atoms with E-state index in [1.807, 2.05) is 13.0 Å². The van der Waals surface area contributed by atoms with Crippen molar-refractivity contribution < 1.29 is 19.0 Å². The molecule has 1 aromatic heterocycles. The minimum atomic E-state index is -0.829. The van der Waals surface area contributed by atoms with Crippen LogP contribution < -0.4 is 15.1 Å². The fraction of sp³-hybridized carbons (Fsp3) is 0.400. The van der Waals surface area contributed by atoms with Gasteiger partial charge < -0.3 is 19.0 Å². The van der Waals surface area contributed by atoms with Gasteiger partial charge in [0.05, 0.1) is 12.0 Å². The monoisotopic (exact) mass is 412 g/mol. The fourth-order valence-corrected chi connectivity index (χ4v) is 2.87. The molecule has 0 bridgehead atoms. The molecule has 1 aromatic carbocycles. The molecule has 1 heterocycles. The lowest BCUT2D eigenvalue weighted by Gasteiger charge is -2.10. The Morgan fingerprint density at radius 1 is 1.10 bits per heavy atom. The van der Waals surface area contributed by atoms with E-state index in [4.69, 9.17) is 13.9 Å². The van der Waals surface area contributed by atoms with E-state index in [2.05, 4.69) is 39.0 Å². The van der Waals surface area contributed by atoms with E-state index < -0.39 is 11.4 Å². The first-order chi connectivity index (χ1) is 14.4. The molecule has 0 spiro atoms. The smallest absolute Gasteiger partial charge is 0.382 e. The quantitative estimate of drug-likeness (QED) is 0.266. The molecule has 0 unspecified atom stereocenters. The van der Waals surface area contributed by atoms with Crippen molar-refractivity contribution in [1.29, 1.82) is 0 Å². The molecule has 0 saturated carbocycles. The van der Waals surface area contributed by atoms with Crippen LogP contribution in [0.25, 0.3) is 11.0 Å². The van der Waals surface area contributed by atoms with Crippen molar-refractivity contribution in [2.45, 2.75) is 53.4 Å². The first-order valence-corrected chi connectivity index (χ1v) is 10.4. The highest BCUT2D eigenvalue weighted by atomic mass is 16.5. The van der Waals surface area contributed by atoms with Crippen LogP contribution in [0, 0.1) is 0 Å². The number of fused-ring (bicyclic) bond motifs is 1. The van der Waals surface area contributed by atoms with E-state index in [1.54, 1.807) is 18.2 Å². The molecule has 0 amide bonds. The maximum absolute atomic E-state index is 12.0. The van der Waals surface area contributed by atoms with E-state index in [0.29, 0.717) is 23.3 Å². The van der Waals surface area contributed by atoms with Crippen LogP contribution in [-0.4, -0.2) is 18.3 Å². The van der Waals surface area contributed by atoms with E-state index in [9.17, 15) is 9.90 Å². The predicted molar refractivity (Wildman–Crippen MR) is 122 cm³/mol. The molecule has 0 aliphatic carbocycles. The summed E-state index contributed by atoms with van der Waals surface area (Å²) < 4.78 is 16.7. The Hall–Kier alpha value is -2.95. The van der Waals surface area contributed by atoms with Crippen LogP contribution in [0.3, 0.4) is 0 Å². The summed E-state index contributed by atoms with van der Waals surface area (Å²) in [5.41, 5.74) is 1.97. The van der Waals surface area contributed by atoms with Gasteiger partial charge in [-0.1, -0.05) is 36.3 Å². The van der Waals surface area contributed by atoms with Gasteiger partial charge in [-0.05, 0) is 64.7 Å². The molecule has 0 aliphatic rings. The second-order valence-corrected chi connectivity index (χ2v) is 7.42. The van der Waals surface area contributed by atoms with E-state index >= 15 is 0 Å². The summed E-state index contributed by atoms with van der Waals surface area (Å²) in [7, 11) is 0. The number of aromatic hydroxyl groups is 1. The second-order valence-electron chi connectivity index (χ2n) is 7.42. The summed E-state index contributed by atoms with van der Waals surface area (Å²) >= 11 is 0. The van der Waals surface area contributed by atoms with Gasteiger partial charge in [-0.15, -0.1) is 0 Å². The molecule has 2 rings (SSSR count). The van der Waals surface area contributed by atoms with Crippen LogP contribution in [-0.2, 0) is 0 Å². The lowest BCUT2D eigenvalue weighted by Crippen LogP contribution is -2.04. The van der Waals surface area contributed by atoms with Gasteiger partial charge in [0.2, 0.25) is 5.75 Å². The zero-order valence-corrected chi connectivity index (χ0v) is 18.4. The Kier molecular flexibility index (Phi) is 9.26. The van der Waals surface area contributed by atoms with Gasteiger partial charge in [-0.2, -0.15) is 0 Å². The van der Waals surface area contributed by atoms with Crippen LogP contribution in [0.15, 0.2) is 62.9 Å². The van der Waals surface area contributed by atoms with Crippen molar-refractivity contribution >= 4 is 11.0 Å². The molecule has 0 fully saturated rings. The third kappa shape index (κ3) is 7.14. The maximum atomic E-state index is 12.0. The average Bonchev–Trinajstić information content (AvgIpc) is 2.70. The van der Waals surface area contributed by atoms with Crippen LogP contribution in [0.2, 0.25) is 0 Å². The third-order valence-corrected chi connectivity index (χ3v) is 4.52. The number of ether oxygens (including phenoxy) is 2. The SMILES string of the molecule is CCC=CCCOc1ccc2c(OCC=C(C)CCC=C(C)C)c(O)c(=O)oc2c1. The van der Waals surface area contributed by atoms with E-state index in [0.717, 1.165) is 25.7 Å². The summed E-state index contributed by atoms with van der Waals surface area (Å²) in [6, 6.07) is 5.15. The van der Waals surface area contributed by atoms with Gasteiger partial charge in [-0.25, -0.2) is 4.79 Å². The van der Waals surface area contributed by atoms with Gasteiger partial charge in [-0.3, -0.25) is 0 Å². The summed E-state index contributed by atoms with van der Waals surface area (Å²) in [5, 5.41) is 10.7. The zero-order valence-electron chi connectivity index (χ0n) is 18.4. The highest BCUT2D eigenvalue weighted by Gasteiger charge is 2.15. The van der Waals surface area contributed by atoms with Gasteiger partial charge in [0.25, 0.3) is 0 Å². The summed E-state index contributed by atoms with van der Waals surface area (Å²) in [6.45, 7) is 9.07. The fourth-order valence-electron chi connectivity index (χ4n) is 2.87. The normalized spacial score (nSPS) is 11.8. The molecule has 0 radical (unpaired) electrons. The van der Waals surface area contributed by atoms with Crippen molar-refractivity contribution in [3.63, 3.8) is 0 Å². The predicted octanol–water partition coefficient (Wildman–Crippen LogP) is 6.31. The molecule has 0 aliphatic heterocycles. The standard InChI is InChI=1S/C25H32O5/c1-5-6-7-8-15-28-20-12-13-21-22(17-20)30-25(27)23(26)24(21)29-16-14-19(4)11-9-10-18(2)3/h6-7,10,12-14,17,26H,5,8-9,11,15-16H2,1-4H3. The molecule has 1 N–H and O–H groups in total. The Balaban J connectivity index is 2.11. The first-order valence-electron chi connectivity index (χ1n) is 10.4. The molecular weight excluding hydrogens is 380 g/mol. The van der Waals surface area contributed by atoms with Crippen LogP contribution in [0.1, 0.15) is 53.4 Å². The largest absolute Gasteiger partial charge is 0.499 e. The van der Waals surface area contributed by atoms with Crippen LogP contribution in [0.5, 0.6) is 17.2 Å². The molecule has 2 aromatic rings. The van der Waals surface area contributed by atoms with Crippen molar-refractivity contribution in [2.75, 3.05) is 13.2 Å². The van der Waals surface area contributed by atoms with Crippen molar-refractivity contribution in [3.05, 3.63) is 64.1 Å². The van der Waals surface area contributed by atoms with Crippen LogP contribution in [0.4, 0.5) is 0 Å². The zero-order chi connectivity index (χ0) is 21.9. The Morgan fingerprint density at radius 3 is 2.63 bits per heavy atom. The Morgan fingerprint density at radius 2 is 1.90 bits per heavy atom. The van der Waals surface area contributed by atoms with Gasteiger partial charge in [0.1, 0.15) is 17.9 Å². The van der Waals surface area contributed by atoms with Gasteiger partial charge in [0.15, 0.2) is 5.75 Å². The summed E-state index contributed by atoms with van der Waals surface area (Å²) in [6.07, 6.45) is 12.0. The number of hydrogen-bond acceptors (Lipinski definition) is 5. The third-order valence-electron chi connectivity index (χ3n) is 4.52. The minimum Gasteiger partial charge on any atom is -0.499 e. The van der Waals surface area contributed by atoms with Gasteiger partial charge >= 0.3 is 5.63 Å². The van der Waals surface area contributed by atoms with Crippen LogP contribution >= 0.6 is 0 Å². The van der Waals surface area contributed by atoms with E-state index in [-0.39, 0.29) is 12.4 Å². The number of rotatable bonds is 11. The summed E-state index contributed by atoms with van der Waals surface area (Å²) in [5.74, 6) is 0.214. The average molecular weight is 413 g/mol. The van der Waals surface area contributed by atoms with Crippen molar-refractivity contribution in [3.8, 4) is 17.2 Å². The highest BCUT2D eigenvalue weighted by Crippen LogP contribution is 2.33. The molecule has 0 atom stereocenters. The topological polar surface area (TPSA) is 68.9 Å². The molecular formula is C25H32O5. The molecule has 0 saturated heterocycles. The van der Waals surface area contributed by atoms with Crippen molar-refractivity contribution in [1.82, 2.24) is 0 Å². The lowest BCUT2D eigenvalue weighted by atomic mass is 10.1. The Labute approximate surface area is 178 Å². The number of benzene rings is 1. The molecule has 162 valence electrons. The number of hydrogen-bond donors (Lipinski definition) is 1. The minimum absolute atomic E-state index is 0.132. The molecule has 5 nitrogen and oxygen atoms in total. The second kappa shape index (κ2) is 11.9. The lowest BCUT2D eigenvalue weighted by molar-refractivity contribution is 0.321. The Bertz CT molecular complexity index is 975. The van der Waals surface area contributed by atoms with E-state index in [1.165, 1.54) is 11.1 Å². The molecule has 30 heavy (non-hydrogen) atoms. The van der Waals surface area contributed by atoms with Gasteiger partial charge in [0, 0.05) is 6.07 Å². The highest BCUT2D eigenvalue weighted by molar-refractivity contribution is 5.86. The first kappa shape index (κ1) is 23.3. The molecule has 5 heteroatoms. The van der Waals surface area contributed by atoms with Crippen molar-refractivity contribution in [2.24, 2.45) is 0 Å².